The summed E-state index contributed by atoms with van der Waals surface area (Å²) in [6, 6.07) is 47.2. The SMILES string of the molecule is CC.CC1(C)C2=C(C=CCC=C2)c2ccc(-c3cc(-c4ccccc4)nc(-c4cc(-c5ccccc5)cc(-c5ccccc5)c4)n3)cc21. The van der Waals surface area contributed by atoms with Crippen LogP contribution in [0.25, 0.3) is 61.7 Å². The first kappa shape index (κ1) is 31.0. The van der Waals surface area contributed by atoms with Gasteiger partial charge in [-0.15, -0.1) is 0 Å². The molecule has 1 heterocycles. The molecule has 0 saturated carbocycles. The quantitative estimate of drug-likeness (QED) is 0.192. The van der Waals surface area contributed by atoms with E-state index >= 15 is 0 Å². The van der Waals surface area contributed by atoms with Crippen LogP contribution in [0.3, 0.4) is 0 Å². The third kappa shape index (κ3) is 5.87. The Morgan fingerprint density at radius 1 is 0.479 bits per heavy atom. The van der Waals surface area contributed by atoms with Gasteiger partial charge in [-0.3, -0.25) is 0 Å². The molecular weight excluding hydrogens is 581 g/mol. The smallest absolute Gasteiger partial charge is 0.160 e. The third-order valence-electron chi connectivity index (χ3n) is 9.28. The number of hydrogen-bond acceptors (Lipinski definition) is 2. The van der Waals surface area contributed by atoms with E-state index in [0.717, 1.165) is 56.8 Å². The van der Waals surface area contributed by atoms with Crippen molar-refractivity contribution in [2.75, 3.05) is 0 Å². The second kappa shape index (κ2) is 13.3. The number of benzene rings is 5. The molecule has 2 aliphatic carbocycles. The molecule has 0 amide bonds. The minimum absolute atomic E-state index is 0.0986. The molecule has 0 N–H and O–H groups in total. The topological polar surface area (TPSA) is 25.8 Å². The Hall–Kier alpha value is -5.60. The molecule has 0 unspecified atom stereocenters. The minimum atomic E-state index is -0.0986. The average Bonchev–Trinajstić information content (AvgIpc) is 3.30. The molecule has 0 radical (unpaired) electrons. The summed E-state index contributed by atoms with van der Waals surface area (Å²) in [6.45, 7) is 8.67. The van der Waals surface area contributed by atoms with Crippen LogP contribution in [0.5, 0.6) is 0 Å². The van der Waals surface area contributed by atoms with E-state index in [9.17, 15) is 0 Å². The maximum absolute atomic E-state index is 5.30. The molecular formula is C46H40N2. The Balaban J connectivity index is 0.00000179. The van der Waals surface area contributed by atoms with Gasteiger partial charge in [0.15, 0.2) is 5.82 Å². The highest BCUT2D eigenvalue weighted by Crippen LogP contribution is 2.49. The summed E-state index contributed by atoms with van der Waals surface area (Å²) in [4.78, 5) is 10.5. The number of allylic oxidation sites excluding steroid dienone is 6. The third-order valence-corrected chi connectivity index (χ3v) is 9.28. The molecule has 0 aliphatic heterocycles. The first-order chi connectivity index (χ1) is 23.5. The van der Waals surface area contributed by atoms with Crippen LogP contribution in [0.15, 0.2) is 163 Å². The van der Waals surface area contributed by atoms with E-state index in [-0.39, 0.29) is 5.41 Å². The van der Waals surface area contributed by atoms with Gasteiger partial charge >= 0.3 is 0 Å². The van der Waals surface area contributed by atoms with E-state index < -0.39 is 0 Å². The van der Waals surface area contributed by atoms with E-state index in [1.165, 1.54) is 22.3 Å². The van der Waals surface area contributed by atoms with Crippen LogP contribution in [-0.4, -0.2) is 9.97 Å². The van der Waals surface area contributed by atoms with Crippen molar-refractivity contribution in [1.82, 2.24) is 9.97 Å². The van der Waals surface area contributed by atoms with Gasteiger partial charge in [0, 0.05) is 22.1 Å². The van der Waals surface area contributed by atoms with E-state index in [2.05, 4.69) is 166 Å². The van der Waals surface area contributed by atoms with Crippen LogP contribution in [0, 0.1) is 0 Å². The van der Waals surface area contributed by atoms with Crippen LogP contribution >= 0.6 is 0 Å². The highest BCUT2D eigenvalue weighted by Gasteiger charge is 2.36. The van der Waals surface area contributed by atoms with Gasteiger partial charge < -0.3 is 0 Å². The van der Waals surface area contributed by atoms with Gasteiger partial charge in [-0.2, -0.15) is 0 Å². The standard InChI is InChI=1S/C44H34N2.C2H6/c1-44(2)39-22-14-6-13-21-37(39)38-24-23-33(28-40(38)44)42-29-41(32-19-11-5-12-20-32)45-43(46-42)36-26-34(30-15-7-3-8-16-30)25-35(27-36)31-17-9-4-10-18-31;1-2/h3-5,7-29H,6H2,1-2H3;1-2H3. The predicted molar refractivity (Wildman–Crippen MR) is 203 cm³/mol. The van der Waals surface area contributed by atoms with Gasteiger partial charge in [0.05, 0.1) is 11.4 Å². The molecule has 8 rings (SSSR count). The van der Waals surface area contributed by atoms with Crippen LogP contribution in [0.2, 0.25) is 0 Å². The van der Waals surface area contributed by atoms with Gasteiger partial charge in [-0.1, -0.05) is 155 Å². The first-order valence-electron chi connectivity index (χ1n) is 17.0. The summed E-state index contributed by atoms with van der Waals surface area (Å²) in [6.07, 6.45) is 10.1. The van der Waals surface area contributed by atoms with E-state index in [4.69, 9.17) is 9.97 Å². The van der Waals surface area contributed by atoms with E-state index in [1.54, 1.807) is 0 Å². The Morgan fingerprint density at radius 2 is 1.00 bits per heavy atom. The monoisotopic (exact) mass is 620 g/mol. The number of rotatable bonds is 5. The molecule has 0 atom stereocenters. The summed E-state index contributed by atoms with van der Waals surface area (Å²) in [7, 11) is 0. The fourth-order valence-corrected chi connectivity index (χ4v) is 6.84. The van der Waals surface area contributed by atoms with Crippen molar-refractivity contribution in [3.8, 4) is 56.2 Å². The average molecular weight is 621 g/mol. The molecule has 2 aliphatic rings. The van der Waals surface area contributed by atoms with Gasteiger partial charge in [-0.25, -0.2) is 9.97 Å². The lowest BCUT2D eigenvalue weighted by Gasteiger charge is -2.23. The lowest BCUT2D eigenvalue weighted by Crippen LogP contribution is -2.16. The summed E-state index contributed by atoms with van der Waals surface area (Å²) in [5, 5.41) is 0. The maximum Gasteiger partial charge on any atom is 0.160 e. The van der Waals surface area contributed by atoms with Crippen LogP contribution in [0.1, 0.15) is 45.2 Å². The van der Waals surface area contributed by atoms with Crippen LogP contribution in [0.4, 0.5) is 0 Å². The number of nitrogens with zero attached hydrogens (tertiary/aromatic N) is 2. The molecule has 0 spiro atoms. The molecule has 0 saturated heterocycles. The summed E-state index contributed by atoms with van der Waals surface area (Å²) in [5.41, 5.74) is 14.9. The van der Waals surface area contributed by atoms with Crippen LogP contribution < -0.4 is 0 Å². The Kier molecular flexibility index (Phi) is 8.57. The fourth-order valence-electron chi connectivity index (χ4n) is 6.84. The summed E-state index contributed by atoms with van der Waals surface area (Å²) >= 11 is 0. The molecule has 234 valence electrons. The van der Waals surface area contributed by atoms with Crippen molar-refractivity contribution in [2.45, 2.75) is 39.5 Å². The van der Waals surface area contributed by atoms with Gasteiger partial charge in [0.2, 0.25) is 0 Å². The van der Waals surface area contributed by atoms with E-state index in [0.29, 0.717) is 5.82 Å². The minimum Gasteiger partial charge on any atom is -0.228 e. The van der Waals surface area contributed by atoms with E-state index in [1.807, 2.05) is 19.9 Å². The summed E-state index contributed by atoms with van der Waals surface area (Å²) in [5.74, 6) is 0.714. The predicted octanol–water partition coefficient (Wildman–Crippen LogP) is 12.4. The maximum atomic E-state index is 5.30. The van der Waals surface area contributed by atoms with Gasteiger partial charge in [-0.05, 0) is 81.3 Å². The molecule has 1 aromatic heterocycles. The fraction of sp³-hybridized carbons (Fsp3) is 0.130. The van der Waals surface area contributed by atoms with Gasteiger partial charge in [0.1, 0.15) is 0 Å². The largest absolute Gasteiger partial charge is 0.228 e. The zero-order chi connectivity index (χ0) is 33.1. The molecule has 5 aromatic carbocycles. The highest BCUT2D eigenvalue weighted by atomic mass is 14.9. The van der Waals surface area contributed by atoms with Crippen molar-refractivity contribution in [3.05, 3.63) is 174 Å². The normalized spacial score (nSPS) is 14.1. The molecule has 0 bridgehead atoms. The van der Waals surface area contributed by atoms with Crippen molar-refractivity contribution < 1.29 is 0 Å². The zero-order valence-electron chi connectivity index (χ0n) is 28.1. The molecule has 0 fully saturated rings. The van der Waals surface area contributed by atoms with Crippen molar-refractivity contribution >= 4 is 5.57 Å². The number of fused-ring (bicyclic) bond motifs is 2. The Bertz CT molecular complexity index is 2110. The molecule has 48 heavy (non-hydrogen) atoms. The second-order valence-electron chi connectivity index (χ2n) is 12.6. The lowest BCUT2D eigenvalue weighted by atomic mass is 9.80. The first-order valence-corrected chi connectivity index (χ1v) is 17.0. The lowest BCUT2D eigenvalue weighted by molar-refractivity contribution is 0.654. The molecule has 2 heteroatoms. The highest BCUT2D eigenvalue weighted by molar-refractivity contribution is 5.90. The Morgan fingerprint density at radius 3 is 1.60 bits per heavy atom. The second-order valence-corrected chi connectivity index (χ2v) is 12.6. The summed E-state index contributed by atoms with van der Waals surface area (Å²) < 4.78 is 0. The van der Waals surface area contributed by atoms with Crippen molar-refractivity contribution in [2.24, 2.45) is 0 Å². The number of hydrogen-bond donors (Lipinski definition) is 0. The number of aromatic nitrogens is 2. The zero-order valence-corrected chi connectivity index (χ0v) is 28.1. The molecule has 2 nitrogen and oxygen atoms in total. The van der Waals surface area contributed by atoms with Crippen molar-refractivity contribution in [3.63, 3.8) is 0 Å². The molecule has 6 aromatic rings. The Labute approximate surface area is 284 Å². The van der Waals surface area contributed by atoms with Crippen molar-refractivity contribution in [1.29, 1.82) is 0 Å². The van der Waals surface area contributed by atoms with Crippen LogP contribution in [-0.2, 0) is 5.41 Å². The van der Waals surface area contributed by atoms with Gasteiger partial charge in [0.25, 0.3) is 0 Å².